The Morgan fingerprint density at radius 3 is 2.44 bits per heavy atom. The van der Waals surface area contributed by atoms with Gasteiger partial charge in [0.1, 0.15) is 0 Å². The third-order valence-electron chi connectivity index (χ3n) is 5.44. The molecule has 1 fully saturated rings. The summed E-state index contributed by atoms with van der Waals surface area (Å²) in [5.74, 6) is -0.372. The van der Waals surface area contributed by atoms with Crippen molar-refractivity contribution in [1.82, 2.24) is 0 Å². The molecule has 0 radical (unpaired) electrons. The van der Waals surface area contributed by atoms with E-state index >= 15 is 0 Å². The van der Waals surface area contributed by atoms with Crippen molar-refractivity contribution < 1.29 is 24.5 Å². The predicted octanol–water partition coefficient (Wildman–Crippen LogP) is 3.46. The first-order chi connectivity index (χ1) is 12.2. The summed E-state index contributed by atoms with van der Waals surface area (Å²) in [4.78, 5) is 11.8. The topological polar surface area (TPSA) is 76.0 Å². The maximum Gasteiger partial charge on any atom is 0.336 e. The SMILES string of the molecule is COC(=O)C1=COC(O)C(C2CCCCCCCC2)C(CO)=CCC1. The minimum Gasteiger partial charge on any atom is -0.472 e. The van der Waals surface area contributed by atoms with Crippen LogP contribution in [0.15, 0.2) is 23.5 Å². The molecule has 0 bridgehead atoms. The Morgan fingerprint density at radius 2 is 1.84 bits per heavy atom. The number of aliphatic hydroxyl groups excluding tert-OH is 2. The second-order valence-corrected chi connectivity index (χ2v) is 7.12. The highest BCUT2D eigenvalue weighted by Crippen LogP contribution is 2.35. The maximum atomic E-state index is 11.8. The monoisotopic (exact) mass is 352 g/mol. The Balaban J connectivity index is 2.21. The summed E-state index contributed by atoms with van der Waals surface area (Å²) >= 11 is 0. The van der Waals surface area contributed by atoms with Gasteiger partial charge in [-0.05, 0) is 37.2 Å². The number of hydrogen-bond donors (Lipinski definition) is 2. The van der Waals surface area contributed by atoms with E-state index in [1.54, 1.807) is 0 Å². The minimum absolute atomic E-state index is 0.0882. The van der Waals surface area contributed by atoms with Crippen LogP contribution in [0.4, 0.5) is 0 Å². The number of esters is 1. The molecule has 2 atom stereocenters. The molecule has 0 saturated heterocycles. The first kappa shape index (κ1) is 20.0. The predicted molar refractivity (Wildman–Crippen MR) is 95.5 cm³/mol. The zero-order chi connectivity index (χ0) is 18.1. The van der Waals surface area contributed by atoms with Crippen LogP contribution < -0.4 is 0 Å². The summed E-state index contributed by atoms with van der Waals surface area (Å²) in [6.07, 6.45) is 12.7. The smallest absolute Gasteiger partial charge is 0.336 e. The van der Waals surface area contributed by atoms with Crippen LogP contribution in [-0.2, 0) is 14.3 Å². The molecule has 2 N–H and O–H groups in total. The maximum absolute atomic E-state index is 11.8. The standard InChI is InChI=1S/C20H32O5/c1-24-19(22)17-12-8-11-16(13-21)18(20(23)25-14-17)15-9-6-4-2-3-5-7-10-15/h11,14-15,18,20-21,23H,2-10,12-13H2,1H3. The number of allylic oxidation sites excluding steroid dienone is 1. The highest BCUT2D eigenvalue weighted by atomic mass is 16.6. The van der Waals surface area contributed by atoms with Crippen molar-refractivity contribution in [2.45, 2.75) is 70.5 Å². The van der Waals surface area contributed by atoms with Crippen LogP contribution in [0, 0.1) is 11.8 Å². The van der Waals surface area contributed by atoms with Crippen LogP contribution in [0.5, 0.6) is 0 Å². The molecule has 5 nitrogen and oxygen atoms in total. The molecule has 1 saturated carbocycles. The number of aliphatic hydroxyl groups is 2. The number of methoxy groups -OCH3 is 1. The van der Waals surface area contributed by atoms with E-state index in [1.807, 2.05) is 6.08 Å². The van der Waals surface area contributed by atoms with E-state index in [0.717, 1.165) is 31.3 Å². The Morgan fingerprint density at radius 1 is 1.20 bits per heavy atom. The molecule has 5 heteroatoms. The van der Waals surface area contributed by atoms with Gasteiger partial charge >= 0.3 is 5.97 Å². The molecule has 0 aromatic carbocycles. The molecule has 142 valence electrons. The Hall–Kier alpha value is -1.33. The second-order valence-electron chi connectivity index (χ2n) is 7.12. The van der Waals surface area contributed by atoms with E-state index in [0.29, 0.717) is 24.3 Å². The quantitative estimate of drug-likeness (QED) is 0.601. The van der Waals surface area contributed by atoms with E-state index < -0.39 is 12.3 Å². The van der Waals surface area contributed by atoms with Crippen molar-refractivity contribution in [2.75, 3.05) is 13.7 Å². The van der Waals surface area contributed by atoms with E-state index in [2.05, 4.69) is 0 Å². The first-order valence-corrected chi connectivity index (χ1v) is 9.58. The summed E-state index contributed by atoms with van der Waals surface area (Å²) < 4.78 is 10.3. The lowest BCUT2D eigenvalue weighted by Gasteiger charge is -2.32. The Bertz CT molecular complexity index is 472. The van der Waals surface area contributed by atoms with Crippen molar-refractivity contribution >= 4 is 5.97 Å². The molecule has 1 aliphatic heterocycles. The first-order valence-electron chi connectivity index (χ1n) is 9.58. The van der Waals surface area contributed by atoms with Gasteiger partial charge in [0.2, 0.25) is 6.29 Å². The number of carbonyl (C=O) groups excluding carboxylic acids is 1. The van der Waals surface area contributed by atoms with Crippen molar-refractivity contribution in [2.24, 2.45) is 11.8 Å². The largest absolute Gasteiger partial charge is 0.472 e. The summed E-state index contributed by atoms with van der Waals surface area (Å²) in [7, 11) is 1.33. The average molecular weight is 352 g/mol. The lowest BCUT2D eigenvalue weighted by atomic mass is 9.79. The number of hydrogen-bond acceptors (Lipinski definition) is 5. The molecule has 2 aliphatic rings. The Kier molecular flexibility index (Phi) is 8.49. The van der Waals surface area contributed by atoms with Crippen LogP contribution in [-0.4, -0.2) is 36.2 Å². The van der Waals surface area contributed by atoms with Crippen molar-refractivity contribution in [3.63, 3.8) is 0 Å². The normalized spacial score (nSPS) is 27.2. The van der Waals surface area contributed by atoms with Crippen LogP contribution in [0.2, 0.25) is 0 Å². The third kappa shape index (κ3) is 5.86. The molecule has 0 spiro atoms. The zero-order valence-corrected chi connectivity index (χ0v) is 15.3. The number of ether oxygens (including phenoxy) is 2. The second kappa shape index (κ2) is 10.6. The lowest BCUT2D eigenvalue weighted by Crippen LogP contribution is -2.32. The van der Waals surface area contributed by atoms with Crippen LogP contribution in [0.1, 0.15) is 64.2 Å². The van der Waals surface area contributed by atoms with Crippen LogP contribution in [0.3, 0.4) is 0 Å². The van der Waals surface area contributed by atoms with Gasteiger partial charge in [0.25, 0.3) is 0 Å². The summed E-state index contributed by atoms with van der Waals surface area (Å²) in [5.41, 5.74) is 1.24. The molecule has 0 aromatic rings. The van der Waals surface area contributed by atoms with E-state index in [-0.39, 0.29) is 12.5 Å². The van der Waals surface area contributed by atoms with Gasteiger partial charge in [-0.3, -0.25) is 0 Å². The van der Waals surface area contributed by atoms with Gasteiger partial charge in [-0.2, -0.15) is 0 Å². The van der Waals surface area contributed by atoms with E-state index in [4.69, 9.17) is 9.47 Å². The highest BCUT2D eigenvalue weighted by molar-refractivity contribution is 5.88. The molecule has 1 heterocycles. The van der Waals surface area contributed by atoms with Gasteiger partial charge in [0.15, 0.2) is 0 Å². The van der Waals surface area contributed by atoms with Gasteiger partial charge in [-0.1, -0.05) is 44.6 Å². The summed E-state index contributed by atoms with van der Waals surface area (Å²) in [6.45, 7) is -0.0882. The Labute approximate surface area is 150 Å². The fraction of sp³-hybridized carbons (Fsp3) is 0.750. The van der Waals surface area contributed by atoms with Gasteiger partial charge < -0.3 is 19.7 Å². The fourth-order valence-electron chi connectivity index (χ4n) is 4.04. The number of carbonyl (C=O) groups is 1. The number of rotatable bonds is 3. The van der Waals surface area contributed by atoms with Crippen molar-refractivity contribution in [3.05, 3.63) is 23.5 Å². The highest BCUT2D eigenvalue weighted by Gasteiger charge is 2.32. The fourth-order valence-corrected chi connectivity index (χ4v) is 4.04. The molecule has 2 unspecified atom stereocenters. The molecular weight excluding hydrogens is 320 g/mol. The van der Waals surface area contributed by atoms with Gasteiger partial charge in [0, 0.05) is 5.92 Å². The van der Waals surface area contributed by atoms with Crippen LogP contribution >= 0.6 is 0 Å². The van der Waals surface area contributed by atoms with E-state index in [9.17, 15) is 15.0 Å². The lowest BCUT2D eigenvalue weighted by molar-refractivity contribution is -0.137. The van der Waals surface area contributed by atoms with Crippen molar-refractivity contribution in [3.8, 4) is 0 Å². The third-order valence-corrected chi connectivity index (χ3v) is 5.44. The average Bonchev–Trinajstić information content (AvgIpc) is 2.80. The zero-order valence-electron chi connectivity index (χ0n) is 15.3. The van der Waals surface area contributed by atoms with Gasteiger partial charge in [0.05, 0.1) is 25.6 Å². The summed E-state index contributed by atoms with van der Waals surface area (Å²) in [5, 5.41) is 20.6. The molecule has 0 amide bonds. The minimum atomic E-state index is -1.05. The molecule has 25 heavy (non-hydrogen) atoms. The molecule has 0 aromatic heterocycles. The van der Waals surface area contributed by atoms with Gasteiger partial charge in [-0.15, -0.1) is 0 Å². The van der Waals surface area contributed by atoms with Gasteiger partial charge in [-0.25, -0.2) is 4.79 Å². The van der Waals surface area contributed by atoms with Crippen molar-refractivity contribution in [1.29, 1.82) is 0 Å². The molecule has 1 aliphatic carbocycles. The molecular formula is C20H32O5. The summed E-state index contributed by atoms with van der Waals surface area (Å²) in [6, 6.07) is 0. The van der Waals surface area contributed by atoms with Crippen LogP contribution in [0.25, 0.3) is 0 Å². The molecule has 2 rings (SSSR count). The van der Waals surface area contributed by atoms with E-state index in [1.165, 1.54) is 39.1 Å².